The normalized spacial score (nSPS) is 10.9. The van der Waals surface area contributed by atoms with Crippen molar-refractivity contribution in [2.24, 2.45) is 0 Å². The molecule has 51 heavy (non-hydrogen) atoms. The first-order valence-corrected chi connectivity index (χ1v) is 20.5. The van der Waals surface area contributed by atoms with E-state index in [-0.39, 0.29) is 20.4 Å². The average Bonchev–Trinajstić information content (AvgIpc) is 3.03. The average molecular weight is 799 g/mol. The first kappa shape index (κ1) is 40.6. The molecule has 0 aromatic heterocycles. The maximum Gasteiger partial charge on any atom is 0 e. The minimum absolute atomic E-state index is 0. The van der Waals surface area contributed by atoms with Crippen LogP contribution in [-0.2, 0) is 20.4 Å². The van der Waals surface area contributed by atoms with E-state index >= 15 is 0 Å². The van der Waals surface area contributed by atoms with Crippen LogP contribution >= 0.6 is 15.8 Å². The van der Waals surface area contributed by atoms with Gasteiger partial charge in [0.05, 0.1) is 0 Å². The Labute approximate surface area is 325 Å². The quantitative estimate of drug-likeness (QED) is 0.116. The molecule has 0 unspecified atom stereocenters. The monoisotopic (exact) mass is 798 g/mol. The molecular formula is C48H54P2Pd. The van der Waals surface area contributed by atoms with Crippen LogP contribution < -0.4 is 31.8 Å². The van der Waals surface area contributed by atoms with Gasteiger partial charge in [0.1, 0.15) is 0 Å². The van der Waals surface area contributed by atoms with Crippen molar-refractivity contribution in [3.8, 4) is 0 Å². The van der Waals surface area contributed by atoms with Crippen LogP contribution in [-0.4, -0.2) is 0 Å². The predicted octanol–water partition coefficient (Wildman–Crippen LogP) is 10.6. The van der Waals surface area contributed by atoms with E-state index in [9.17, 15) is 0 Å². The Morgan fingerprint density at radius 3 is 0.490 bits per heavy atom. The zero-order valence-corrected chi connectivity index (χ0v) is 35.9. The molecule has 6 rings (SSSR count). The van der Waals surface area contributed by atoms with Gasteiger partial charge in [-0.2, -0.15) is 0 Å². The number of hydrogen-bond donors (Lipinski definition) is 0. The van der Waals surface area contributed by atoms with Gasteiger partial charge in [-0.1, -0.05) is 143 Å². The van der Waals surface area contributed by atoms with E-state index in [2.05, 4.69) is 192 Å². The third-order valence-corrected chi connectivity index (χ3v) is 15.5. The summed E-state index contributed by atoms with van der Waals surface area (Å²) in [5.41, 5.74) is 16.4. The van der Waals surface area contributed by atoms with Crippen molar-refractivity contribution in [1.29, 1.82) is 0 Å². The number of rotatable bonds is 6. The van der Waals surface area contributed by atoms with Gasteiger partial charge < -0.3 is 0 Å². The van der Waals surface area contributed by atoms with Gasteiger partial charge in [-0.15, -0.1) is 0 Å². The van der Waals surface area contributed by atoms with Gasteiger partial charge >= 0.3 is 0 Å². The zero-order chi connectivity index (χ0) is 36.3. The SMILES string of the molecule is Cc1ccc(P(c2ccc(C)cc2C)c2ccc(C)cc2C)c(C)c1.Cc1ccc(P(c2ccc(C)cc2C)c2ccc(C)cc2C)c(C)c1.[Pd]. The second-order valence-electron chi connectivity index (χ2n) is 14.4. The van der Waals surface area contributed by atoms with Crippen molar-refractivity contribution < 1.29 is 20.4 Å². The van der Waals surface area contributed by atoms with Crippen molar-refractivity contribution in [1.82, 2.24) is 0 Å². The van der Waals surface area contributed by atoms with Gasteiger partial charge in [-0.3, -0.25) is 0 Å². The molecule has 6 aromatic carbocycles. The van der Waals surface area contributed by atoms with Crippen molar-refractivity contribution in [2.75, 3.05) is 0 Å². The van der Waals surface area contributed by atoms with Crippen molar-refractivity contribution in [3.63, 3.8) is 0 Å². The smallest absolute Gasteiger partial charge is 0 e. The summed E-state index contributed by atoms with van der Waals surface area (Å²) in [7, 11) is -1.09. The molecule has 0 N–H and O–H groups in total. The van der Waals surface area contributed by atoms with Gasteiger partial charge in [0.15, 0.2) is 0 Å². The Morgan fingerprint density at radius 2 is 0.373 bits per heavy atom. The number of hydrogen-bond acceptors (Lipinski definition) is 0. The summed E-state index contributed by atoms with van der Waals surface area (Å²) >= 11 is 0. The van der Waals surface area contributed by atoms with E-state index in [1.807, 2.05) is 0 Å². The third-order valence-electron chi connectivity index (χ3n) is 9.56. The molecule has 0 heterocycles. The second-order valence-corrected chi connectivity index (χ2v) is 18.6. The van der Waals surface area contributed by atoms with Crippen LogP contribution in [0.2, 0.25) is 0 Å². The molecule has 0 atom stereocenters. The van der Waals surface area contributed by atoms with E-state index in [0.717, 1.165) is 0 Å². The van der Waals surface area contributed by atoms with Gasteiger partial charge in [-0.25, -0.2) is 0 Å². The summed E-state index contributed by atoms with van der Waals surface area (Å²) in [4.78, 5) is 0. The summed E-state index contributed by atoms with van der Waals surface area (Å²) in [5, 5.41) is 8.83. The molecule has 0 bridgehead atoms. The van der Waals surface area contributed by atoms with Gasteiger partial charge in [0.2, 0.25) is 0 Å². The first-order valence-electron chi connectivity index (χ1n) is 17.8. The maximum absolute atomic E-state index is 2.34. The van der Waals surface area contributed by atoms with Crippen LogP contribution in [0.15, 0.2) is 109 Å². The standard InChI is InChI=1S/2C24H27P.Pd/c2*1-16-7-10-22(19(4)13-16)25(23-11-8-17(2)14-20(23)5)24-12-9-18(3)15-21(24)6;/h2*7-15H,1-6H3;. The Kier molecular flexibility index (Phi) is 14.0. The number of aryl methyl sites for hydroxylation is 12. The number of benzene rings is 6. The Hall–Kier alpha value is -3.16. The zero-order valence-electron chi connectivity index (χ0n) is 32.6. The molecule has 0 aliphatic rings. The molecular weight excluding hydrogens is 745 g/mol. The van der Waals surface area contributed by atoms with Crippen LogP contribution in [0.5, 0.6) is 0 Å². The van der Waals surface area contributed by atoms with Crippen LogP contribution in [0, 0.1) is 83.1 Å². The fourth-order valence-electron chi connectivity index (χ4n) is 7.12. The summed E-state index contributed by atoms with van der Waals surface area (Å²) in [5.74, 6) is 0. The first-order chi connectivity index (χ1) is 23.7. The van der Waals surface area contributed by atoms with Gasteiger partial charge in [0, 0.05) is 20.4 Å². The Balaban J connectivity index is 0.000000224. The molecule has 0 saturated heterocycles. The van der Waals surface area contributed by atoms with Crippen molar-refractivity contribution in [3.05, 3.63) is 176 Å². The van der Waals surface area contributed by atoms with E-state index in [1.54, 1.807) is 0 Å². The van der Waals surface area contributed by atoms with Crippen LogP contribution in [0.1, 0.15) is 66.8 Å². The predicted molar refractivity (Wildman–Crippen MR) is 227 cm³/mol. The van der Waals surface area contributed by atoms with E-state index in [1.165, 1.54) is 98.6 Å². The largest absolute Gasteiger partial charge is 0.0586 e. The maximum atomic E-state index is 2.34. The molecule has 0 radical (unpaired) electrons. The molecule has 0 aliphatic carbocycles. The second kappa shape index (κ2) is 17.6. The molecule has 0 fully saturated rings. The van der Waals surface area contributed by atoms with Crippen LogP contribution in [0.25, 0.3) is 0 Å². The van der Waals surface area contributed by atoms with Gasteiger partial charge in [-0.05, 0) is 164 Å². The molecule has 266 valence electrons. The summed E-state index contributed by atoms with van der Waals surface area (Å²) < 4.78 is 0. The van der Waals surface area contributed by atoms with Crippen LogP contribution in [0.4, 0.5) is 0 Å². The third kappa shape index (κ3) is 9.64. The minimum atomic E-state index is -0.546. The molecule has 3 heteroatoms. The Morgan fingerprint density at radius 1 is 0.235 bits per heavy atom. The Bertz CT molecular complexity index is 1760. The van der Waals surface area contributed by atoms with Crippen LogP contribution in [0.3, 0.4) is 0 Å². The molecule has 0 saturated carbocycles. The van der Waals surface area contributed by atoms with Crippen molar-refractivity contribution >= 4 is 47.7 Å². The minimum Gasteiger partial charge on any atom is -0.0586 e. The molecule has 0 amide bonds. The summed E-state index contributed by atoms with van der Waals surface area (Å²) in [6, 6.07) is 41.5. The summed E-state index contributed by atoms with van der Waals surface area (Å²) in [6.45, 7) is 26.6. The van der Waals surface area contributed by atoms with E-state index in [0.29, 0.717) is 0 Å². The summed E-state index contributed by atoms with van der Waals surface area (Å²) in [6.07, 6.45) is 0. The fraction of sp³-hybridized carbons (Fsp3) is 0.250. The molecule has 0 spiro atoms. The fourth-order valence-corrected chi connectivity index (χ4v) is 12.5. The molecule has 0 aliphatic heterocycles. The van der Waals surface area contributed by atoms with E-state index < -0.39 is 15.8 Å². The van der Waals surface area contributed by atoms with Crippen molar-refractivity contribution in [2.45, 2.75) is 83.1 Å². The van der Waals surface area contributed by atoms with Gasteiger partial charge in [0.25, 0.3) is 0 Å². The topological polar surface area (TPSA) is 0 Å². The molecule has 0 nitrogen and oxygen atoms in total. The molecule has 6 aromatic rings. The van der Waals surface area contributed by atoms with E-state index in [4.69, 9.17) is 0 Å².